The fraction of sp³-hybridized carbons (Fsp3) is 0.333. The molecule has 0 aromatic rings. The first-order valence-electron chi connectivity index (χ1n) is 2.80. The summed E-state index contributed by atoms with van der Waals surface area (Å²) in [4.78, 5) is 9.86. The monoisotopic (exact) mass is 124 g/mol. The van der Waals surface area contributed by atoms with Gasteiger partial charge in [-0.3, -0.25) is 0 Å². The quantitative estimate of drug-likeness (QED) is 0.528. The molecule has 0 radical (unpaired) electrons. The van der Waals surface area contributed by atoms with Crippen LogP contribution in [0.15, 0.2) is 29.1 Å². The van der Waals surface area contributed by atoms with Gasteiger partial charge in [0.05, 0.1) is 0 Å². The van der Waals surface area contributed by atoms with Gasteiger partial charge in [0, 0.05) is 6.04 Å². The van der Waals surface area contributed by atoms with Crippen LogP contribution >= 0.6 is 0 Å². The topological polar surface area (TPSA) is 55.4 Å². The zero-order chi connectivity index (χ0) is 6.69. The Hall–Kier alpha value is -0.960. The lowest BCUT2D eigenvalue weighted by Gasteiger charge is -2.05. The molecule has 0 saturated carbocycles. The van der Waals surface area contributed by atoms with E-state index in [1.54, 1.807) is 18.2 Å². The summed E-state index contributed by atoms with van der Waals surface area (Å²) in [6.45, 7) is 0. The van der Waals surface area contributed by atoms with Crippen molar-refractivity contribution in [1.82, 2.24) is 0 Å². The van der Waals surface area contributed by atoms with Crippen LogP contribution in [0, 0.1) is 4.91 Å². The summed E-state index contributed by atoms with van der Waals surface area (Å²) in [6.07, 6.45) is 5.87. The normalized spacial score (nSPS) is 25.4. The van der Waals surface area contributed by atoms with E-state index in [2.05, 4.69) is 5.18 Å². The summed E-state index contributed by atoms with van der Waals surface area (Å²) >= 11 is 0. The first-order chi connectivity index (χ1) is 4.33. The van der Waals surface area contributed by atoms with E-state index < -0.39 is 0 Å². The maximum Gasteiger partial charge on any atom is 0.103 e. The number of nitrogens with two attached hydrogens (primary N) is 1. The van der Waals surface area contributed by atoms with Crippen LogP contribution in [0.3, 0.4) is 0 Å². The molecule has 1 unspecified atom stereocenters. The first kappa shape index (κ1) is 6.16. The number of allylic oxidation sites excluding steroid dienone is 1. The molecule has 0 fully saturated rings. The molecule has 3 nitrogen and oxygen atoms in total. The highest BCUT2D eigenvalue weighted by Crippen LogP contribution is 2.08. The Bertz CT molecular complexity index is 172. The molecule has 1 atom stereocenters. The molecule has 2 N–H and O–H groups in total. The van der Waals surface area contributed by atoms with Crippen LogP contribution in [0.2, 0.25) is 0 Å². The molecular formula is C6H8N2O. The Labute approximate surface area is 53.2 Å². The lowest BCUT2D eigenvalue weighted by Crippen LogP contribution is -2.17. The summed E-state index contributed by atoms with van der Waals surface area (Å²) < 4.78 is 0. The van der Waals surface area contributed by atoms with Crippen molar-refractivity contribution in [3.8, 4) is 0 Å². The Morgan fingerprint density at radius 2 is 2.56 bits per heavy atom. The third-order valence-corrected chi connectivity index (χ3v) is 1.22. The van der Waals surface area contributed by atoms with Crippen molar-refractivity contribution in [1.29, 1.82) is 0 Å². The van der Waals surface area contributed by atoms with Crippen LogP contribution in [-0.4, -0.2) is 6.04 Å². The van der Waals surface area contributed by atoms with Gasteiger partial charge < -0.3 is 5.73 Å². The molecule has 0 aromatic heterocycles. The molecule has 1 rings (SSSR count). The second kappa shape index (κ2) is 2.55. The SMILES string of the molecule is NC1C=CC(N=O)=CC1. The number of nitrogens with zero attached hydrogens (tertiary/aromatic N) is 1. The fourth-order valence-electron chi connectivity index (χ4n) is 0.693. The van der Waals surface area contributed by atoms with Gasteiger partial charge in [-0.05, 0) is 17.7 Å². The van der Waals surface area contributed by atoms with Crippen molar-refractivity contribution < 1.29 is 0 Å². The minimum Gasteiger partial charge on any atom is -0.324 e. The molecule has 0 saturated heterocycles. The maximum absolute atomic E-state index is 9.86. The van der Waals surface area contributed by atoms with Crippen LogP contribution < -0.4 is 5.73 Å². The predicted octanol–water partition coefficient (Wildman–Crippen LogP) is 0.924. The van der Waals surface area contributed by atoms with Crippen molar-refractivity contribution in [3.05, 3.63) is 28.8 Å². The summed E-state index contributed by atoms with van der Waals surface area (Å²) in [7, 11) is 0. The number of nitroso groups, excluding NO2 is 1. The van der Waals surface area contributed by atoms with Crippen molar-refractivity contribution in [2.24, 2.45) is 10.9 Å². The van der Waals surface area contributed by atoms with Gasteiger partial charge in [0.1, 0.15) is 5.70 Å². The molecule has 0 heterocycles. The molecule has 48 valence electrons. The fourth-order valence-corrected chi connectivity index (χ4v) is 0.693. The van der Waals surface area contributed by atoms with Crippen molar-refractivity contribution in [3.63, 3.8) is 0 Å². The highest BCUT2D eigenvalue weighted by Gasteiger charge is 2.01. The lowest BCUT2D eigenvalue weighted by molar-refractivity contribution is 0.816. The first-order valence-corrected chi connectivity index (χ1v) is 2.80. The van der Waals surface area contributed by atoms with E-state index in [4.69, 9.17) is 5.73 Å². The molecule has 0 aromatic carbocycles. The maximum atomic E-state index is 9.86. The van der Waals surface area contributed by atoms with Gasteiger partial charge in [-0.25, -0.2) is 0 Å². The van der Waals surface area contributed by atoms with Crippen LogP contribution in [-0.2, 0) is 0 Å². The summed E-state index contributed by atoms with van der Waals surface area (Å²) in [5.41, 5.74) is 5.96. The van der Waals surface area contributed by atoms with Gasteiger partial charge in [-0.1, -0.05) is 12.2 Å². The van der Waals surface area contributed by atoms with E-state index in [0.29, 0.717) is 5.70 Å². The zero-order valence-corrected chi connectivity index (χ0v) is 4.95. The highest BCUT2D eigenvalue weighted by atomic mass is 16.3. The highest BCUT2D eigenvalue weighted by molar-refractivity contribution is 5.23. The Balaban J connectivity index is 2.62. The third-order valence-electron chi connectivity index (χ3n) is 1.22. The Kier molecular flexibility index (Phi) is 1.75. The van der Waals surface area contributed by atoms with Crippen molar-refractivity contribution in [2.45, 2.75) is 12.5 Å². The van der Waals surface area contributed by atoms with E-state index in [-0.39, 0.29) is 6.04 Å². The summed E-state index contributed by atoms with van der Waals surface area (Å²) in [5, 5.41) is 2.75. The van der Waals surface area contributed by atoms with E-state index in [1.807, 2.05) is 0 Å². The molecule has 0 spiro atoms. The van der Waals surface area contributed by atoms with Gasteiger partial charge in [-0.2, -0.15) is 0 Å². The Morgan fingerprint density at radius 3 is 3.00 bits per heavy atom. The van der Waals surface area contributed by atoms with Gasteiger partial charge in [-0.15, -0.1) is 4.91 Å². The third kappa shape index (κ3) is 1.47. The molecule has 0 aliphatic heterocycles. The number of hydrogen-bond acceptors (Lipinski definition) is 3. The minimum absolute atomic E-state index is 0.0653. The summed E-state index contributed by atoms with van der Waals surface area (Å²) in [5.74, 6) is 0. The molecule has 0 amide bonds. The second-order valence-corrected chi connectivity index (χ2v) is 1.98. The predicted molar refractivity (Wildman–Crippen MR) is 35.6 cm³/mol. The molecular weight excluding hydrogens is 116 g/mol. The van der Waals surface area contributed by atoms with Gasteiger partial charge in [0.25, 0.3) is 0 Å². The van der Waals surface area contributed by atoms with Gasteiger partial charge in [0.15, 0.2) is 0 Å². The van der Waals surface area contributed by atoms with Crippen LogP contribution in [0.4, 0.5) is 0 Å². The van der Waals surface area contributed by atoms with E-state index in [0.717, 1.165) is 6.42 Å². The van der Waals surface area contributed by atoms with E-state index in [9.17, 15) is 4.91 Å². The van der Waals surface area contributed by atoms with E-state index in [1.165, 1.54) is 0 Å². The Morgan fingerprint density at radius 1 is 1.78 bits per heavy atom. The summed E-state index contributed by atoms with van der Waals surface area (Å²) in [6, 6.07) is 0.0653. The number of hydrogen-bond donors (Lipinski definition) is 1. The average molecular weight is 124 g/mol. The second-order valence-electron chi connectivity index (χ2n) is 1.98. The molecule has 3 heteroatoms. The lowest BCUT2D eigenvalue weighted by atomic mass is 10.1. The smallest absolute Gasteiger partial charge is 0.103 e. The largest absolute Gasteiger partial charge is 0.324 e. The molecule has 0 bridgehead atoms. The molecule has 1 aliphatic carbocycles. The standard InChI is InChI=1S/C6H8N2O/c7-5-1-3-6(8-9)4-2-5/h1,3-5H,2,7H2. The van der Waals surface area contributed by atoms with Crippen LogP contribution in [0.25, 0.3) is 0 Å². The minimum atomic E-state index is 0.0653. The molecule has 9 heavy (non-hydrogen) atoms. The molecule has 1 aliphatic rings. The van der Waals surface area contributed by atoms with Crippen molar-refractivity contribution >= 4 is 0 Å². The van der Waals surface area contributed by atoms with Crippen LogP contribution in [0.5, 0.6) is 0 Å². The van der Waals surface area contributed by atoms with Crippen LogP contribution in [0.1, 0.15) is 6.42 Å². The number of rotatable bonds is 1. The van der Waals surface area contributed by atoms with Gasteiger partial charge in [0.2, 0.25) is 0 Å². The van der Waals surface area contributed by atoms with Gasteiger partial charge >= 0.3 is 0 Å². The zero-order valence-electron chi connectivity index (χ0n) is 4.95. The van der Waals surface area contributed by atoms with Crippen molar-refractivity contribution in [2.75, 3.05) is 0 Å². The average Bonchev–Trinajstić information content (AvgIpc) is 1.90. The van der Waals surface area contributed by atoms with E-state index >= 15 is 0 Å².